The Bertz CT molecular complexity index is 229. The summed E-state index contributed by atoms with van der Waals surface area (Å²) in [7, 11) is -1.01. The van der Waals surface area contributed by atoms with Crippen molar-refractivity contribution in [3.05, 3.63) is 30.3 Å². The van der Waals surface area contributed by atoms with Gasteiger partial charge in [0.15, 0.2) is 0 Å². The molecule has 0 bridgehead atoms. The first-order valence-electron chi connectivity index (χ1n) is 3.87. The molecule has 0 aliphatic rings. The van der Waals surface area contributed by atoms with Gasteiger partial charge in [-0.25, -0.2) is 0 Å². The van der Waals surface area contributed by atoms with Crippen LogP contribution in [-0.2, 0) is 0 Å². The van der Waals surface area contributed by atoms with Gasteiger partial charge in [0.2, 0.25) is 0 Å². The Hall–Kier alpha value is 1.11. The summed E-state index contributed by atoms with van der Waals surface area (Å²) >= 11 is 1.68. The van der Waals surface area contributed by atoms with Gasteiger partial charge in [0.25, 0.3) is 0 Å². The van der Waals surface area contributed by atoms with Crippen LogP contribution >= 0.6 is 37.2 Å². The molecular weight excluding hydrogens is 361 g/mol. The van der Waals surface area contributed by atoms with Crippen LogP contribution in [0.25, 0.3) is 0 Å². The molecule has 0 saturated carbocycles. The van der Waals surface area contributed by atoms with Gasteiger partial charge in [-0.05, 0) is 0 Å². The summed E-state index contributed by atoms with van der Waals surface area (Å²) in [5, 5.41) is 1.59. The molecule has 0 atom stereocenters. The molecule has 0 heterocycles. The van der Waals surface area contributed by atoms with Crippen molar-refractivity contribution in [2.24, 2.45) is 0 Å². The minimum absolute atomic E-state index is 0. The molecule has 1 aromatic rings. The first-order valence-corrected chi connectivity index (χ1v) is 9.09. The smallest absolute Gasteiger partial charge is 0.147 e. The van der Waals surface area contributed by atoms with Crippen LogP contribution in [0.15, 0.2) is 30.3 Å². The minimum Gasteiger partial charge on any atom is -0.147 e. The quantitative estimate of drug-likeness (QED) is 0.696. The maximum Gasteiger partial charge on any atom is -0.147 e. The van der Waals surface area contributed by atoms with Crippen LogP contribution in [-0.4, -0.2) is 30.6 Å². The Morgan fingerprint density at radius 1 is 1.00 bits per heavy atom. The van der Waals surface area contributed by atoms with E-state index in [1.165, 1.54) is 4.06 Å². The molecule has 0 aromatic heterocycles. The number of hydrogen-bond donors (Lipinski definition) is 0. The van der Waals surface area contributed by atoms with Gasteiger partial charge in [0.05, 0.1) is 0 Å². The summed E-state index contributed by atoms with van der Waals surface area (Å²) in [5.41, 5.74) is 0. The first kappa shape index (κ1) is 20.5. The molecule has 0 aliphatic carbocycles. The van der Waals surface area contributed by atoms with Crippen LogP contribution in [0.5, 0.6) is 0 Å². The SMILES string of the molecule is C[Si](C)([CH2][Sn])c1ccccc1.Cl.Cl.Cl. The van der Waals surface area contributed by atoms with Gasteiger partial charge >= 0.3 is 83.3 Å². The van der Waals surface area contributed by atoms with E-state index in [-0.39, 0.29) is 37.2 Å². The van der Waals surface area contributed by atoms with Gasteiger partial charge < -0.3 is 0 Å². The van der Waals surface area contributed by atoms with Crippen molar-refractivity contribution >= 4 is 73.0 Å². The maximum absolute atomic E-state index is 2.44. The Kier molecular flexibility index (Phi) is 13.7. The van der Waals surface area contributed by atoms with E-state index in [2.05, 4.69) is 43.4 Å². The number of halogens is 3. The summed E-state index contributed by atoms with van der Waals surface area (Å²) in [4.78, 5) is 0. The predicted octanol–water partition coefficient (Wildman–Crippen LogP) is 2.99. The van der Waals surface area contributed by atoms with Gasteiger partial charge in [0.1, 0.15) is 0 Å². The fraction of sp³-hybridized carbons (Fsp3) is 0.333. The molecule has 0 nitrogen and oxygen atoms in total. The summed E-state index contributed by atoms with van der Waals surface area (Å²) in [5.74, 6) is 0. The van der Waals surface area contributed by atoms with Crippen LogP contribution in [0.2, 0.25) is 17.2 Å². The van der Waals surface area contributed by atoms with Crippen LogP contribution in [0.3, 0.4) is 0 Å². The summed E-state index contributed by atoms with van der Waals surface area (Å²) in [6.45, 7) is 4.88. The fourth-order valence-electron chi connectivity index (χ4n) is 0.991. The molecule has 5 heteroatoms. The van der Waals surface area contributed by atoms with Crippen LogP contribution in [0.4, 0.5) is 0 Å². The Morgan fingerprint density at radius 2 is 1.43 bits per heavy atom. The monoisotopic (exact) mass is 377 g/mol. The third kappa shape index (κ3) is 5.86. The van der Waals surface area contributed by atoms with Crippen molar-refractivity contribution in [3.63, 3.8) is 0 Å². The van der Waals surface area contributed by atoms with Crippen molar-refractivity contribution in [2.45, 2.75) is 17.2 Å². The zero-order valence-corrected chi connectivity index (χ0v) is 14.6. The summed E-state index contributed by atoms with van der Waals surface area (Å²) < 4.78 is 1.42. The second kappa shape index (κ2) is 9.34. The normalized spacial score (nSPS) is 9.07. The van der Waals surface area contributed by atoms with E-state index >= 15 is 0 Å². The molecule has 0 spiro atoms. The van der Waals surface area contributed by atoms with Gasteiger partial charge in [-0.2, -0.15) is 0 Å². The Labute approximate surface area is 120 Å². The van der Waals surface area contributed by atoms with Crippen molar-refractivity contribution in [3.8, 4) is 0 Å². The zero-order valence-electron chi connectivity index (χ0n) is 8.32. The van der Waals surface area contributed by atoms with E-state index in [0.717, 1.165) is 0 Å². The number of rotatable bonds is 2. The van der Waals surface area contributed by atoms with Crippen LogP contribution in [0.1, 0.15) is 0 Å². The molecule has 3 radical (unpaired) electrons. The molecule has 14 heavy (non-hydrogen) atoms. The second-order valence-corrected chi connectivity index (χ2v) is 11.2. The Morgan fingerprint density at radius 3 is 1.79 bits per heavy atom. The van der Waals surface area contributed by atoms with E-state index in [9.17, 15) is 0 Å². The average Bonchev–Trinajstić information content (AvgIpc) is 2.06. The molecule has 0 saturated heterocycles. The van der Waals surface area contributed by atoms with E-state index in [0.29, 0.717) is 0 Å². The van der Waals surface area contributed by atoms with Crippen molar-refractivity contribution < 1.29 is 0 Å². The minimum atomic E-state index is -1.01. The molecule has 0 fully saturated rings. The average molecular weight is 377 g/mol. The standard InChI is InChI=1S/C9H13Si.3ClH.Sn/c1-10(2,3)9-7-5-4-6-8-9;;;;/h4-8H,1H2,2-3H3;3*1H;. The number of hydrogen-bond acceptors (Lipinski definition) is 0. The molecule has 1 aromatic carbocycles. The molecule has 0 unspecified atom stereocenters. The maximum atomic E-state index is 2.44. The molecule has 1 rings (SSSR count). The molecule has 81 valence electrons. The summed E-state index contributed by atoms with van der Waals surface area (Å²) in [6.07, 6.45) is 0. The van der Waals surface area contributed by atoms with Gasteiger partial charge in [0, 0.05) is 0 Å². The third-order valence-corrected chi connectivity index (χ3v) is 12.3. The molecule has 0 amide bonds. The molecular formula is C9H16Cl3SiSn. The zero-order chi connectivity index (χ0) is 8.32. The predicted molar refractivity (Wildman–Crippen MR) is 75.9 cm³/mol. The molecule has 0 N–H and O–H groups in total. The van der Waals surface area contributed by atoms with Gasteiger partial charge in [-0.15, -0.1) is 37.2 Å². The van der Waals surface area contributed by atoms with Crippen LogP contribution in [0, 0.1) is 0 Å². The van der Waals surface area contributed by atoms with E-state index in [1.807, 2.05) is 0 Å². The third-order valence-electron chi connectivity index (χ3n) is 2.00. The summed E-state index contributed by atoms with van der Waals surface area (Å²) in [6, 6.07) is 10.9. The first-order chi connectivity index (χ1) is 5.17. The van der Waals surface area contributed by atoms with Crippen molar-refractivity contribution in [1.82, 2.24) is 0 Å². The molecule has 0 aliphatic heterocycles. The number of benzene rings is 1. The van der Waals surface area contributed by atoms with Crippen LogP contribution < -0.4 is 5.19 Å². The van der Waals surface area contributed by atoms with Crippen molar-refractivity contribution in [1.29, 1.82) is 0 Å². The van der Waals surface area contributed by atoms with Gasteiger partial charge in [-0.3, -0.25) is 0 Å². The second-order valence-electron chi connectivity index (χ2n) is 3.43. The Balaban J connectivity index is -0.000000403. The van der Waals surface area contributed by atoms with Crippen molar-refractivity contribution in [2.75, 3.05) is 0 Å². The van der Waals surface area contributed by atoms with E-state index < -0.39 is 8.07 Å². The largest absolute Gasteiger partial charge is 0.147 e. The van der Waals surface area contributed by atoms with Gasteiger partial charge in [-0.1, -0.05) is 0 Å². The fourth-order valence-corrected chi connectivity index (χ4v) is 4.04. The van der Waals surface area contributed by atoms with E-state index in [1.54, 1.807) is 27.7 Å². The van der Waals surface area contributed by atoms with E-state index in [4.69, 9.17) is 0 Å². The topological polar surface area (TPSA) is 0 Å².